The van der Waals surface area contributed by atoms with Crippen LogP contribution in [0.4, 0.5) is 13.2 Å². The Hall–Kier alpha value is -4.01. The summed E-state index contributed by atoms with van der Waals surface area (Å²) in [4.78, 5) is 28.1. The van der Waals surface area contributed by atoms with Crippen molar-refractivity contribution in [2.45, 2.75) is 31.4 Å². The zero-order valence-electron chi connectivity index (χ0n) is 18.1. The van der Waals surface area contributed by atoms with E-state index >= 15 is 0 Å². The fourth-order valence-corrected chi connectivity index (χ4v) is 4.31. The third-order valence-corrected chi connectivity index (χ3v) is 6.38. The van der Waals surface area contributed by atoms with Crippen LogP contribution in [0.25, 0.3) is 28.0 Å². The van der Waals surface area contributed by atoms with E-state index in [1.807, 2.05) is 24.3 Å². The first-order valence-electron chi connectivity index (χ1n) is 10.6. The van der Waals surface area contributed by atoms with Crippen LogP contribution in [0.1, 0.15) is 51.7 Å². The van der Waals surface area contributed by atoms with E-state index in [1.165, 1.54) is 16.6 Å². The molecule has 0 spiro atoms. The van der Waals surface area contributed by atoms with Crippen molar-refractivity contribution in [1.29, 1.82) is 0 Å². The van der Waals surface area contributed by atoms with Crippen molar-refractivity contribution < 1.29 is 22.8 Å². The Morgan fingerprint density at radius 2 is 1.76 bits per heavy atom. The Kier molecular flexibility index (Phi) is 4.82. The lowest BCUT2D eigenvalue weighted by molar-refractivity contribution is -0.137. The Bertz CT molecular complexity index is 1450. The molecular formula is C25H19F3N4O2. The van der Waals surface area contributed by atoms with Gasteiger partial charge in [-0.2, -0.15) is 18.3 Å². The molecule has 9 heteroatoms. The molecule has 2 N–H and O–H groups in total. The Labute approximate surface area is 192 Å². The van der Waals surface area contributed by atoms with Crippen molar-refractivity contribution in [3.05, 3.63) is 77.1 Å². The number of carbonyl (C=O) groups is 2. The number of benzene rings is 2. The highest BCUT2D eigenvalue weighted by molar-refractivity contribution is 6.05. The van der Waals surface area contributed by atoms with E-state index in [2.05, 4.69) is 17.0 Å². The van der Waals surface area contributed by atoms with Crippen LogP contribution in [-0.2, 0) is 11.6 Å². The maximum atomic E-state index is 13.2. The summed E-state index contributed by atoms with van der Waals surface area (Å²) in [5.41, 5.74) is 7.79. The van der Waals surface area contributed by atoms with Crippen molar-refractivity contribution in [1.82, 2.24) is 14.6 Å². The van der Waals surface area contributed by atoms with Crippen LogP contribution in [0.5, 0.6) is 0 Å². The zero-order chi connectivity index (χ0) is 24.3. The second-order valence-electron chi connectivity index (χ2n) is 8.68. The van der Waals surface area contributed by atoms with Crippen molar-refractivity contribution in [3.63, 3.8) is 0 Å². The summed E-state index contributed by atoms with van der Waals surface area (Å²) >= 11 is 0. The van der Waals surface area contributed by atoms with E-state index < -0.39 is 17.6 Å². The maximum Gasteiger partial charge on any atom is 0.416 e. The first-order valence-corrected chi connectivity index (χ1v) is 10.6. The molecule has 1 fully saturated rings. The minimum Gasteiger partial charge on any atom is -0.365 e. The van der Waals surface area contributed by atoms with E-state index in [1.54, 1.807) is 6.20 Å². The highest BCUT2D eigenvalue weighted by atomic mass is 19.4. The fraction of sp³-hybridized carbons (Fsp3) is 0.200. The predicted molar refractivity (Wildman–Crippen MR) is 119 cm³/mol. The number of carbonyl (C=O) groups excluding carboxylic acids is 2. The van der Waals surface area contributed by atoms with Crippen molar-refractivity contribution in [2.24, 2.45) is 5.73 Å². The highest BCUT2D eigenvalue weighted by Gasteiger charge is 2.41. The molecule has 34 heavy (non-hydrogen) atoms. The molecular weight excluding hydrogens is 445 g/mol. The van der Waals surface area contributed by atoms with E-state index in [4.69, 9.17) is 5.73 Å². The molecule has 2 aromatic heterocycles. The van der Waals surface area contributed by atoms with Crippen LogP contribution in [0.3, 0.4) is 0 Å². The normalized spacial score (nSPS) is 14.8. The standard InChI is InChI=1S/C25H19F3N4O2/c1-24(10-11-24)18-5-3-2-4-16(18)17-12-30-23-20(22(29)34)19(13-33)31-32(23)21(17)14-6-8-15(9-7-14)25(26,27)28/h2-9,12-13H,10-11H2,1H3,(H2,29,34). The molecule has 5 rings (SSSR count). The van der Waals surface area contributed by atoms with E-state index in [0.29, 0.717) is 23.1 Å². The fourth-order valence-electron chi connectivity index (χ4n) is 4.31. The van der Waals surface area contributed by atoms with Gasteiger partial charge in [-0.1, -0.05) is 43.3 Å². The average Bonchev–Trinajstić information content (AvgIpc) is 3.44. The Morgan fingerprint density at radius 1 is 1.09 bits per heavy atom. The quantitative estimate of drug-likeness (QED) is 0.419. The van der Waals surface area contributed by atoms with Gasteiger partial charge in [0.25, 0.3) is 5.91 Å². The minimum atomic E-state index is -4.49. The smallest absolute Gasteiger partial charge is 0.365 e. The third-order valence-electron chi connectivity index (χ3n) is 6.38. The number of amides is 1. The maximum absolute atomic E-state index is 13.2. The van der Waals surface area contributed by atoms with Crippen LogP contribution >= 0.6 is 0 Å². The largest absolute Gasteiger partial charge is 0.416 e. The second kappa shape index (κ2) is 7.51. The molecule has 4 aromatic rings. The number of aldehydes is 1. The minimum absolute atomic E-state index is 0.0145. The first-order chi connectivity index (χ1) is 16.1. The summed E-state index contributed by atoms with van der Waals surface area (Å²) in [6.45, 7) is 2.15. The van der Waals surface area contributed by atoms with Gasteiger partial charge in [-0.3, -0.25) is 9.59 Å². The van der Waals surface area contributed by atoms with Gasteiger partial charge in [0.15, 0.2) is 11.9 Å². The van der Waals surface area contributed by atoms with E-state index in [9.17, 15) is 22.8 Å². The molecule has 1 aliphatic carbocycles. The molecule has 172 valence electrons. The van der Waals surface area contributed by atoms with Gasteiger partial charge in [0, 0.05) is 17.3 Å². The van der Waals surface area contributed by atoms with Crippen LogP contribution in [-0.4, -0.2) is 26.8 Å². The van der Waals surface area contributed by atoms with Crippen molar-refractivity contribution in [2.75, 3.05) is 0 Å². The number of hydrogen-bond acceptors (Lipinski definition) is 4. The lowest BCUT2D eigenvalue weighted by Crippen LogP contribution is -2.13. The van der Waals surface area contributed by atoms with Gasteiger partial charge in [-0.05, 0) is 41.5 Å². The topological polar surface area (TPSA) is 90.3 Å². The van der Waals surface area contributed by atoms with E-state index in [-0.39, 0.29) is 22.3 Å². The third kappa shape index (κ3) is 3.44. The van der Waals surface area contributed by atoms with Gasteiger partial charge >= 0.3 is 6.18 Å². The number of nitrogens with two attached hydrogens (primary N) is 1. The van der Waals surface area contributed by atoms with E-state index in [0.717, 1.165) is 36.1 Å². The lowest BCUT2D eigenvalue weighted by atomic mass is 9.88. The average molecular weight is 464 g/mol. The zero-order valence-corrected chi connectivity index (χ0v) is 18.1. The van der Waals surface area contributed by atoms with Crippen LogP contribution in [0.2, 0.25) is 0 Å². The number of nitrogens with zero attached hydrogens (tertiary/aromatic N) is 3. The molecule has 2 heterocycles. The number of primary amides is 1. The van der Waals surface area contributed by atoms with Crippen LogP contribution in [0.15, 0.2) is 54.7 Å². The van der Waals surface area contributed by atoms with Crippen LogP contribution < -0.4 is 5.73 Å². The predicted octanol–water partition coefficient (Wildman–Crippen LogP) is 5.05. The number of rotatable bonds is 5. The monoisotopic (exact) mass is 464 g/mol. The summed E-state index contributed by atoms with van der Waals surface area (Å²) in [5.74, 6) is -0.874. The number of fused-ring (bicyclic) bond motifs is 1. The summed E-state index contributed by atoms with van der Waals surface area (Å²) in [5, 5.41) is 4.26. The second-order valence-corrected chi connectivity index (χ2v) is 8.68. The van der Waals surface area contributed by atoms with Gasteiger partial charge in [0.1, 0.15) is 11.3 Å². The molecule has 0 atom stereocenters. The van der Waals surface area contributed by atoms with Crippen molar-refractivity contribution >= 4 is 17.8 Å². The molecule has 0 unspecified atom stereocenters. The van der Waals surface area contributed by atoms with Gasteiger partial charge in [0.2, 0.25) is 0 Å². The number of hydrogen-bond donors (Lipinski definition) is 1. The molecule has 0 aliphatic heterocycles. The molecule has 1 amide bonds. The Morgan fingerprint density at radius 3 is 2.35 bits per heavy atom. The van der Waals surface area contributed by atoms with Gasteiger partial charge in [-0.25, -0.2) is 9.50 Å². The molecule has 0 saturated heterocycles. The van der Waals surface area contributed by atoms with Gasteiger partial charge in [-0.15, -0.1) is 0 Å². The summed E-state index contributed by atoms with van der Waals surface area (Å²) in [6, 6.07) is 12.4. The molecule has 0 radical (unpaired) electrons. The summed E-state index contributed by atoms with van der Waals surface area (Å²) < 4.78 is 40.9. The molecule has 1 saturated carbocycles. The van der Waals surface area contributed by atoms with Gasteiger partial charge in [0.05, 0.1) is 11.3 Å². The van der Waals surface area contributed by atoms with Crippen LogP contribution in [0, 0.1) is 0 Å². The molecule has 2 aromatic carbocycles. The number of alkyl halides is 3. The summed E-state index contributed by atoms with van der Waals surface area (Å²) in [6.07, 6.45) is -0.506. The Balaban J connectivity index is 1.84. The lowest BCUT2D eigenvalue weighted by Gasteiger charge is -2.19. The molecule has 1 aliphatic rings. The SMILES string of the molecule is CC1(c2ccccc2-c2cnc3c(C(N)=O)c(C=O)nn3c2-c2ccc(C(F)(F)F)cc2)CC1. The number of aromatic nitrogens is 3. The molecule has 6 nitrogen and oxygen atoms in total. The van der Waals surface area contributed by atoms with Gasteiger partial charge < -0.3 is 5.73 Å². The summed E-state index contributed by atoms with van der Waals surface area (Å²) in [7, 11) is 0. The first kappa shape index (κ1) is 21.8. The molecule has 0 bridgehead atoms. The number of halogens is 3. The van der Waals surface area contributed by atoms with Crippen molar-refractivity contribution in [3.8, 4) is 22.4 Å². The highest BCUT2D eigenvalue weighted by Crippen LogP contribution is 2.51.